The molecule has 0 bridgehead atoms. The standard InChI is InChI=1S/C28H42O7/c1-5-12-28(7-3,13-6-2)27(34)35-24-16-21(30)14-19-9-8-18(4)23(26(19)24)11-10-20(29)15-22(31)17-25(32)33/h5-6,8-9,14,18,20-24,26,29-31H,1-2,7,10-13,15-17H2,3-4H3,(H,32,33)/p-1/t18-,20+,21+,22+,23-,24-,26-/m0/s1. The van der Waals surface area contributed by atoms with Crippen molar-refractivity contribution in [1.82, 2.24) is 0 Å². The summed E-state index contributed by atoms with van der Waals surface area (Å²) in [5.74, 6) is -1.62. The molecule has 0 saturated heterocycles. The van der Waals surface area contributed by atoms with Crippen molar-refractivity contribution in [3.63, 3.8) is 0 Å². The van der Waals surface area contributed by atoms with Crippen LogP contribution < -0.4 is 5.11 Å². The predicted molar refractivity (Wildman–Crippen MR) is 132 cm³/mol. The van der Waals surface area contributed by atoms with E-state index in [1.54, 1.807) is 12.2 Å². The molecular weight excluding hydrogens is 448 g/mol. The molecule has 2 aliphatic rings. The number of ether oxygens (including phenoxy) is 1. The third-order valence-corrected chi connectivity index (χ3v) is 7.59. The normalized spacial score (nSPS) is 27.8. The molecule has 0 aromatic rings. The molecule has 7 nitrogen and oxygen atoms in total. The first-order chi connectivity index (χ1) is 16.6. The zero-order valence-electron chi connectivity index (χ0n) is 21.0. The summed E-state index contributed by atoms with van der Waals surface area (Å²) < 4.78 is 6.14. The van der Waals surface area contributed by atoms with Crippen molar-refractivity contribution in [3.8, 4) is 0 Å². The molecule has 0 unspecified atom stereocenters. The molecule has 7 heteroatoms. The van der Waals surface area contributed by atoms with Crippen molar-refractivity contribution in [2.24, 2.45) is 23.2 Å². The lowest BCUT2D eigenvalue weighted by Crippen LogP contribution is -2.45. The Morgan fingerprint density at radius 1 is 1.26 bits per heavy atom. The molecule has 0 saturated carbocycles. The molecule has 35 heavy (non-hydrogen) atoms. The Morgan fingerprint density at radius 3 is 2.49 bits per heavy atom. The van der Waals surface area contributed by atoms with Gasteiger partial charge in [0.1, 0.15) is 6.10 Å². The number of allylic oxidation sites excluding steroid dienone is 4. The molecule has 3 N–H and O–H groups in total. The number of fused-ring (bicyclic) bond motifs is 1. The van der Waals surface area contributed by atoms with E-state index in [2.05, 4.69) is 26.2 Å². The zero-order chi connectivity index (χ0) is 26.2. The zero-order valence-corrected chi connectivity index (χ0v) is 21.0. The monoisotopic (exact) mass is 489 g/mol. The van der Waals surface area contributed by atoms with E-state index in [1.807, 2.05) is 19.1 Å². The van der Waals surface area contributed by atoms with Crippen molar-refractivity contribution in [3.05, 3.63) is 49.1 Å². The van der Waals surface area contributed by atoms with Gasteiger partial charge >= 0.3 is 5.97 Å². The Labute approximate surface area is 208 Å². The van der Waals surface area contributed by atoms with Gasteiger partial charge in [-0.15, -0.1) is 13.2 Å². The lowest BCUT2D eigenvalue weighted by molar-refractivity contribution is -0.307. The summed E-state index contributed by atoms with van der Waals surface area (Å²) >= 11 is 0. The predicted octanol–water partition coefficient (Wildman–Crippen LogP) is 2.61. The second-order valence-electron chi connectivity index (χ2n) is 10.1. The first-order valence-electron chi connectivity index (χ1n) is 12.6. The van der Waals surface area contributed by atoms with E-state index < -0.39 is 42.2 Å². The molecule has 0 amide bonds. The van der Waals surface area contributed by atoms with Gasteiger partial charge < -0.3 is 30.0 Å². The highest BCUT2D eigenvalue weighted by atomic mass is 16.5. The van der Waals surface area contributed by atoms with Gasteiger partial charge in [-0.2, -0.15) is 0 Å². The maximum absolute atomic E-state index is 13.4. The molecule has 2 rings (SSSR count). The average molecular weight is 490 g/mol. The van der Waals surface area contributed by atoms with E-state index in [9.17, 15) is 30.0 Å². The first-order valence-corrected chi connectivity index (χ1v) is 12.6. The Kier molecular flexibility index (Phi) is 10.9. The minimum Gasteiger partial charge on any atom is -0.550 e. The van der Waals surface area contributed by atoms with Crippen LogP contribution in [0, 0.1) is 23.2 Å². The van der Waals surface area contributed by atoms with Crippen LogP contribution in [-0.4, -0.2) is 51.7 Å². The number of aliphatic hydroxyl groups is 3. The third-order valence-electron chi connectivity index (χ3n) is 7.59. The molecule has 0 aliphatic heterocycles. The van der Waals surface area contributed by atoms with Crippen molar-refractivity contribution in [2.75, 3.05) is 0 Å². The summed E-state index contributed by atoms with van der Waals surface area (Å²) in [6.45, 7) is 11.6. The fourth-order valence-corrected chi connectivity index (χ4v) is 5.58. The van der Waals surface area contributed by atoms with E-state index in [-0.39, 0.29) is 30.1 Å². The number of aliphatic carboxylic acids is 1. The second-order valence-corrected chi connectivity index (χ2v) is 10.1. The average Bonchev–Trinajstić information content (AvgIpc) is 2.77. The summed E-state index contributed by atoms with van der Waals surface area (Å²) in [6, 6.07) is 0. The number of hydrogen-bond acceptors (Lipinski definition) is 7. The molecule has 7 atom stereocenters. The minimum absolute atomic E-state index is 0.0410. The van der Waals surface area contributed by atoms with Gasteiger partial charge in [-0.25, -0.2) is 0 Å². The van der Waals surface area contributed by atoms with Crippen LogP contribution in [0.1, 0.15) is 65.2 Å². The number of carboxylic acids is 1. The van der Waals surface area contributed by atoms with Crippen LogP contribution in [0.5, 0.6) is 0 Å². The summed E-state index contributed by atoms with van der Waals surface area (Å²) in [5, 5.41) is 41.4. The van der Waals surface area contributed by atoms with E-state index in [4.69, 9.17) is 4.74 Å². The first kappa shape index (κ1) is 29.0. The quantitative estimate of drug-likeness (QED) is 0.253. The Balaban J connectivity index is 2.21. The molecule has 2 aliphatic carbocycles. The molecule has 0 heterocycles. The summed E-state index contributed by atoms with van der Waals surface area (Å²) in [4.78, 5) is 24.1. The van der Waals surface area contributed by atoms with Crippen LogP contribution in [0.3, 0.4) is 0 Å². The molecule has 196 valence electrons. The highest BCUT2D eigenvalue weighted by Crippen LogP contribution is 2.45. The van der Waals surface area contributed by atoms with E-state index in [1.165, 1.54) is 0 Å². The summed E-state index contributed by atoms with van der Waals surface area (Å²) in [6.07, 6.45) is 8.24. The van der Waals surface area contributed by atoms with Gasteiger partial charge in [-0.05, 0) is 55.9 Å². The van der Waals surface area contributed by atoms with E-state index in [0.29, 0.717) is 38.5 Å². The number of hydrogen-bond donors (Lipinski definition) is 3. The highest BCUT2D eigenvalue weighted by Gasteiger charge is 2.44. The number of rotatable bonds is 14. The van der Waals surface area contributed by atoms with Gasteiger partial charge in [0.2, 0.25) is 0 Å². The highest BCUT2D eigenvalue weighted by molar-refractivity contribution is 5.77. The smallest absolute Gasteiger partial charge is 0.312 e. The van der Waals surface area contributed by atoms with Crippen molar-refractivity contribution < 1.29 is 34.8 Å². The Hall–Kier alpha value is -2.22. The molecule has 0 aromatic carbocycles. The number of carbonyl (C=O) groups excluding carboxylic acids is 2. The number of carbonyl (C=O) groups is 2. The van der Waals surface area contributed by atoms with Crippen molar-refractivity contribution >= 4 is 11.9 Å². The minimum atomic E-state index is -1.35. The van der Waals surface area contributed by atoms with Gasteiger partial charge in [0.25, 0.3) is 0 Å². The topological polar surface area (TPSA) is 127 Å². The Bertz CT molecular complexity index is 804. The van der Waals surface area contributed by atoms with Gasteiger partial charge in [0.05, 0.1) is 23.7 Å². The van der Waals surface area contributed by atoms with Crippen molar-refractivity contribution in [1.29, 1.82) is 0 Å². The summed E-state index contributed by atoms with van der Waals surface area (Å²) in [7, 11) is 0. The molecule has 0 aromatic heterocycles. The van der Waals surface area contributed by atoms with Crippen LogP contribution >= 0.6 is 0 Å². The van der Waals surface area contributed by atoms with Crippen molar-refractivity contribution in [2.45, 2.75) is 89.6 Å². The van der Waals surface area contributed by atoms with Crippen LogP contribution in [0.2, 0.25) is 0 Å². The van der Waals surface area contributed by atoms with Crippen LogP contribution in [0.4, 0.5) is 0 Å². The number of esters is 1. The van der Waals surface area contributed by atoms with E-state index >= 15 is 0 Å². The molecule has 0 spiro atoms. The van der Waals surface area contributed by atoms with Crippen LogP contribution in [-0.2, 0) is 14.3 Å². The van der Waals surface area contributed by atoms with Gasteiger partial charge in [-0.3, -0.25) is 4.79 Å². The molecular formula is C28H41O7-. The Morgan fingerprint density at radius 2 is 1.91 bits per heavy atom. The van der Waals surface area contributed by atoms with Crippen LogP contribution in [0.15, 0.2) is 49.1 Å². The SMILES string of the molecule is C=CCC(CC)(CC=C)C(=O)O[C@H]1C[C@H](O)C=C2C=C[C@H](C)[C@H](CC[C@@H](O)C[C@@H](O)CC(=O)[O-])[C@H]21. The maximum Gasteiger partial charge on any atom is 0.312 e. The number of aliphatic hydroxyl groups excluding tert-OH is 3. The van der Waals surface area contributed by atoms with Gasteiger partial charge in [0, 0.05) is 24.7 Å². The second kappa shape index (κ2) is 13.2. The summed E-state index contributed by atoms with van der Waals surface area (Å²) in [5.41, 5.74) is 0.179. The fraction of sp³-hybridized carbons (Fsp3) is 0.643. The fourth-order valence-electron chi connectivity index (χ4n) is 5.58. The third kappa shape index (κ3) is 7.63. The maximum atomic E-state index is 13.4. The largest absolute Gasteiger partial charge is 0.550 e. The lowest BCUT2D eigenvalue weighted by Gasteiger charge is -2.44. The number of carboxylic acid groups (broad SMARTS) is 1. The molecule has 0 fully saturated rings. The van der Waals surface area contributed by atoms with E-state index in [0.717, 1.165) is 5.57 Å². The van der Waals surface area contributed by atoms with Crippen LogP contribution in [0.25, 0.3) is 0 Å². The molecule has 0 radical (unpaired) electrons. The van der Waals surface area contributed by atoms with Gasteiger partial charge in [-0.1, -0.05) is 44.2 Å². The lowest BCUT2D eigenvalue weighted by atomic mass is 9.66. The van der Waals surface area contributed by atoms with Gasteiger partial charge in [0.15, 0.2) is 0 Å².